The van der Waals surface area contributed by atoms with Gasteiger partial charge in [-0.25, -0.2) is 4.98 Å². The number of nitrogens with zero attached hydrogens (tertiary/aromatic N) is 2. The third-order valence-electron chi connectivity index (χ3n) is 2.25. The van der Waals surface area contributed by atoms with E-state index in [0.29, 0.717) is 5.95 Å². The molecule has 1 aromatic rings. The van der Waals surface area contributed by atoms with Crippen molar-refractivity contribution < 1.29 is 0 Å². The molecule has 0 saturated heterocycles. The van der Waals surface area contributed by atoms with E-state index in [4.69, 9.17) is 5.73 Å². The summed E-state index contributed by atoms with van der Waals surface area (Å²) in [4.78, 5) is 4.34. The maximum Gasteiger partial charge on any atom is 0.200 e. The number of nitrogens with two attached hydrogens (primary N) is 1. The Kier molecular flexibility index (Phi) is 2.37. The molecular formula is C10H19N3. The summed E-state index contributed by atoms with van der Waals surface area (Å²) in [5.74, 6) is 0.613. The molecule has 1 aromatic heterocycles. The minimum atomic E-state index is 0.116. The summed E-state index contributed by atoms with van der Waals surface area (Å²) in [5, 5.41) is 0. The van der Waals surface area contributed by atoms with Crippen molar-refractivity contribution in [3.8, 4) is 0 Å². The zero-order valence-corrected chi connectivity index (χ0v) is 9.18. The lowest BCUT2D eigenvalue weighted by atomic mass is 9.90. The van der Waals surface area contributed by atoms with Crippen LogP contribution in [-0.2, 0) is 18.9 Å². The first-order chi connectivity index (χ1) is 5.88. The Morgan fingerprint density at radius 2 is 1.92 bits per heavy atom. The molecule has 2 N–H and O–H groups in total. The summed E-state index contributed by atoms with van der Waals surface area (Å²) in [6, 6.07) is 0. The van der Waals surface area contributed by atoms with Crippen LogP contribution < -0.4 is 5.73 Å². The molecule has 0 aliphatic rings. The normalized spacial score (nSPS) is 12.1. The maximum atomic E-state index is 5.77. The molecule has 0 aliphatic carbocycles. The molecule has 0 fully saturated rings. The second-order valence-electron chi connectivity index (χ2n) is 4.43. The topological polar surface area (TPSA) is 43.8 Å². The van der Waals surface area contributed by atoms with Crippen molar-refractivity contribution >= 4 is 5.95 Å². The number of hydrogen-bond donors (Lipinski definition) is 1. The second-order valence-corrected chi connectivity index (χ2v) is 4.43. The van der Waals surface area contributed by atoms with Crippen LogP contribution in [0.15, 0.2) is 0 Å². The molecule has 1 heterocycles. The molecule has 3 nitrogen and oxygen atoms in total. The van der Waals surface area contributed by atoms with Crippen molar-refractivity contribution in [2.75, 3.05) is 5.73 Å². The highest BCUT2D eigenvalue weighted by Crippen LogP contribution is 2.27. The molecule has 1 rings (SSSR count). The van der Waals surface area contributed by atoms with Crippen molar-refractivity contribution in [2.45, 2.75) is 39.5 Å². The lowest BCUT2D eigenvalue weighted by molar-refractivity contribution is 0.538. The van der Waals surface area contributed by atoms with Gasteiger partial charge in [-0.3, -0.25) is 0 Å². The molecule has 0 aromatic carbocycles. The largest absolute Gasteiger partial charge is 0.369 e. The van der Waals surface area contributed by atoms with E-state index < -0.39 is 0 Å². The Balaban J connectivity index is 3.33. The van der Waals surface area contributed by atoms with E-state index in [1.165, 1.54) is 5.69 Å². The minimum Gasteiger partial charge on any atom is -0.369 e. The van der Waals surface area contributed by atoms with Crippen molar-refractivity contribution in [3.63, 3.8) is 0 Å². The Hall–Kier alpha value is -0.990. The minimum absolute atomic E-state index is 0.116. The number of nitrogen functional groups attached to an aromatic ring is 1. The molecule has 0 saturated carbocycles. The molecule has 0 bridgehead atoms. The second kappa shape index (κ2) is 3.05. The quantitative estimate of drug-likeness (QED) is 0.718. The van der Waals surface area contributed by atoms with Gasteiger partial charge in [0.15, 0.2) is 5.95 Å². The molecule has 0 amide bonds. The standard InChI is InChI=1S/C10H19N3/c1-6-7-8(10(2,3)4)13(5)9(11)12-7/h6H2,1-5H3,(H2,11,12). The predicted octanol–water partition coefficient (Wildman–Crippen LogP) is 1.86. The molecular weight excluding hydrogens is 162 g/mol. The Morgan fingerprint density at radius 1 is 1.38 bits per heavy atom. The fourth-order valence-corrected chi connectivity index (χ4v) is 1.76. The van der Waals surface area contributed by atoms with Gasteiger partial charge in [0.2, 0.25) is 0 Å². The fourth-order valence-electron chi connectivity index (χ4n) is 1.76. The third-order valence-corrected chi connectivity index (χ3v) is 2.25. The van der Waals surface area contributed by atoms with Crippen molar-refractivity contribution in [2.24, 2.45) is 7.05 Å². The highest BCUT2D eigenvalue weighted by molar-refractivity contribution is 5.33. The maximum absolute atomic E-state index is 5.77. The summed E-state index contributed by atoms with van der Waals surface area (Å²) < 4.78 is 1.98. The molecule has 0 radical (unpaired) electrons. The number of aromatic nitrogens is 2. The van der Waals surface area contributed by atoms with E-state index in [9.17, 15) is 0 Å². The smallest absolute Gasteiger partial charge is 0.200 e. The number of rotatable bonds is 1. The zero-order chi connectivity index (χ0) is 10.2. The summed E-state index contributed by atoms with van der Waals surface area (Å²) in [6.07, 6.45) is 0.942. The summed E-state index contributed by atoms with van der Waals surface area (Å²) in [5.41, 5.74) is 8.24. The highest BCUT2D eigenvalue weighted by Gasteiger charge is 2.23. The van der Waals surface area contributed by atoms with E-state index in [0.717, 1.165) is 12.1 Å². The lowest BCUT2D eigenvalue weighted by Gasteiger charge is -2.20. The number of imidazole rings is 1. The molecule has 0 unspecified atom stereocenters. The van der Waals surface area contributed by atoms with Gasteiger partial charge in [-0.05, 0) is 6.42 Å². The van der Waals surface area contributed by atoms with Gasteiger partial charge in [0.25, 0.3) is 0 Å². The molecule has 0 spiro atoms. The van der Waals surface area contributed by atoms with Crippen LogP contribution in [0.3, 0.4) is 0 Å². The first-order valence-corrected chi connectivity index (χ1v) is 4.69. The summed E-state index contributed by atoms with van der Waals surface area (Å²) in [6.45, 7) is 8.66. The van der Waals surface area contributed by atoms with Crippen LogP contribution in [0.1, 0.15) is 39.1 Å². The monoisotopic (exact) mass is 181 g/mol. The lowest BCUT2D eigenvalue weighted by Crippen LogP contribution is -2.18. The zero-order valence-electron chi connectivity index (χ0n) is 9.18. The Morgan fingerprint density at radius 3 is 2.23 bits per heavy atom. The van der Waals surface area contributed by atoms with Crippen LogP contribution in [0.4, 0.5) is 5.95 Å². The SMILES string of the molecule is CCc1nc(N)n(C)c1C(C)(C)C. The van der Waals surface area contributed by atoms with Gasteiger partial charge in [0.05, 0.1) is 5.69 Å². The average Bonchev–Trinajstić information content (AvgIpc) is 2.26. The molecule has 13 heavy (non-hydrogen) atoms. The summed E-state index contributed by atoms with van der Waals surface area (Å²) >= 11 is 0. The van der Waals surface area contributed by atoms with E-state index in [1.54, 1.807) is 0 Å². The van der Waals surface area contributed by atoms with E-state index in [2.05, 4.69) is 32.7 Å². The van der Waals surface area contributed by atoms with Gasteiger partial charge in [-0.15, -0.1) is 0 Å². The van der Waals surface area contributed by atoms with Crippen molar-refractivity contribution in [1.29, 1.82) is 0 Å². The predicted molar refractivity (Wildman–Crippen MR) is 55.7 cm³/mol. The highest BCUT2D eigenvalue weighted by atomic mass is 15.1. The average molecular weight is 181 g/mol. The van der Waals surface area contributed by atoms with Gasteiger partial charge < -0.3 is 10.3 Å². The number of anilines is 1. The van der Waals surface area contributed by atoms with E-state index >= 15 is 0 Å². The molecule has 0 atom stereocenters. The van der Waals surface area contributed by atoms with Crippen molar-refractivity contribution in [1.82, 2.24) is 9.55 Å². The van der Waals surface area contributed by atoms with E-state index in [-0.39, 0.29) is 5.41 Å². The van der Waals surface area contributed by atoms with Crippen LogP contribution >= 0.6 is 0 Å². The van der Waals surface area contributed by atoms with Gasteiger partial charge in [0.1, 0.15) is 0 Å². The van der Waals surface area contributed by atoms with Crippen LogP contribution in [0.25, 0.3) is 0 Å². The van der Waals surface area contributed by atoms with Gasteiger partial charge in [0, 0.05) is 18.2 Å². The van der Waals surface area contributed by atoms with Crippen LogP contribution in [0, 0.1) is 0 Å². The first kappa shape index (κ1) is 10.1. The molecule has 0 aliphatic heterocycles. The summed E-state index contributed by atoms with van der Waals surface area (Å²) in [7, 11) is 1.97. The number of hydrogen-bond acceptors (Lipinski definition) is 2. The Labute approximate surface area is 80.0 Å². The third kappa shape index (κ3) is 1.69. The van der Waals surface area contributed by atoms with Crippen LogP contribution in [0.2, 0.25) is 0 Å². The molecule has 3 heteroatoms. The van der Waals surface area contributed by atoms with E-state index in [1.807, 2.05) is 11.6 Å². The first-order valence-electron chi connectivity index (χ1n) is 4.69. The van der Waals surface area contributed by atoms with Crippen LogP contribution in [-0.4, -0.2) is 9.55 Å². The van der Waals surface area contributed by atoms with Gasteiger partial charge in [-0.1, -0.05) is 27.7 Å². The van der Waals surface area contributed by atoms with Crippen molar-refractivity contribution in [3.05, 3.63) is 11.4 Å². The Bertz CT molecular complexity index is 305. The molecule has 74 valence electrons. The van der Waals surface area contributed by atoms with Crippen LogP contribution in [0.5, 0.6) is 0 Å². The van der Waals surface area contributed by atoms with Gasteiger partial charge in [-0.2, -0.15) is 0 Å². The fraction of sp³-hybridized carbons (Fsp3) is 0.700. The number of aryl methyl sites for hydroxylation is 1. The van der Waals surface area contributed by atoms with Gasteiger partial charge >= 0.3 is 0 Å².